The Hall–Kier alpha value is -3.01. The van der Waals surface area contributed by atoms with E-state index in [0.717, 1.165) is 23.1 Å². The quantitative estimate of drug-likeness (QED) is 0.336. The Balaban J connectivity index is 1.81. The van der Waals surface area contributed by atoms with E-state index in [4.69, 9.17) is 0 Å². The second kappa shape index (κ2) is 10.1. The highest BCUT2D eigenvalue weighted by Crippen LogP contribution is 2.17. The Morgan fingerprint density at radius 2 is 1.43 bits per heavy atom. The van der Waals surface area contributed by atoms with Crippen LogP contribution in [0, 0.1) is 42.2 Å². The first-order valence-corrected chi connectivity index (χ1v) is 11.0. The van der Waals surface area contributed by atoms with E-state index < -0.39 is 11.6 Å². The van der Waals surface area contributed by atoms with Crippen LogP contribution in [-0.2, 0) is 6.42 Å². The maximum absolute atomic E-state index is 14.2. The molecular weight excluding hydrogens is 394 g/mol. The largest absolute Gasteiger partial charge is 0.206 e. The number of rotatable bonds is 3. The van der Waals surface area contributed by atoms with Gasteiger partial charge in [0.05, 0.1) is 5.56 Å². The molecule has 0 aromatic heterocycles. The third kappa shape index (κ3) is 5.53. The molecule has 0 N–H and O–H groups in total. The van der Waals surface area contributed by atoms with Crippen LogP contribution >= 0.6 is 11.8 Å². The predicted octanol–water partition coefficient (Wildman–Crippen LogP) is 6.75. The molecule has 3 rings (SSSR count). The first-order valence-electron chi connectivity index (χ1n) is 9.77. The van der Waals surface area contributed by atoms with E-state index in [1.165, 1.54) is 17.0 Å². The van der Waals surface area contributed by atoms with Gasteiger partial charge in [-0.2, -0.15) is 0 Å². The smallest absolute Gasteiger partial charge is 0.142 e. The van der Waals surface area contributed by atoms with E-state index in [1.54, 1.807) is 11.8 Å². The van der Waals surface area contributed by atoms with E-state index in [1.807, 2.05) is 62.6 Å². The lowest BCUT2D eigenvalue weighted by Crippen LogP contribution is -1.95. The number of hydrogen-bond acceptors (Lipinski definition) is 1. The van der Waals surface area contributed by atoms with E-state index in [2.05, 4.69) is 23.7 Å². The van der Waals surface area contributed by atoms with Gasteiger partial charge in [0.25, 0.3) is 0 Å². The summed E-state index contributed by atoms with van der Waals surface area (Å²) in [4.78, 5) is 1.20. The van der Waals surface area contributed by atoms with Crippen molar-refractivity contribution in [1.82, 2.24) is 0 Å². The summed E-state index contributed by atoms with van der Waals surface area (Å²) >= 11 is 1.70. The van der Waals surface area contributed by atoms with E-state index in [0.29, 0.717) is 17.5 Å². The minimum absolute atomic E-state index is 0.190. The first kappa shape index (κ1) is 21.7. The zero-order chi connectivity index (χ0) is 21.5. The van der Waals surface area contributed by atoms with Crippen LogP contribution in [-0.4, -0.2) is 6.26 Å². The molecule has 0 atom stereocenters. The number of hydrogen-bond donors (Lipinski definition) is 0. The maximum Gasteiger partial charge on any atom is 0.142 e. The molecule has 0 saturated heterocycles. The first-order chi connectivity index (χ1) is 14.5. The van der Waals surface area contributed by atoms with Gasteiger partial charge in [-0.1, -0.05) is 37.0 Å². The van der Waals surface area contributed by atoms with Gasteiger partial charge in [0.1, 0.15) is 11.6 Å². The van der Waals surface area contributed by atoms with Crippen LogP contribution in [0.5, 0.6) is 0 Å². The highest BCUT2D eigenvalue weighted by molar-refractivity contribution is 7.98. The van der Waals surface area contributed by atoms with Gasteiger partial charge >= 0.3 is 0 Å². The second-order valence-electron chi connectivity index (χ2n) is 6.94. The van der Waals surface area contributed by atoms with Gasteiger partial charge in [-0.3, -0.25) is 0 Å². The fourth-order valence-corrected chi connectivity index (χ4v) is 3.42. The molecule has 0 bridgehead atoms. The lowest BCUT2D eigenvalue weighted by atomic mass is 10.0. The van der Waals surface area contributed by atoms with Crippen molar-refractivity contribution in [3.8, 4) is 23.7 Å². The SMILES string of the molecule is CCCc1cc(F)c(C#Cc2ccc(C#Cc3ccc(SC)cc3)c(C)c2)c(F)c1. The van der Waals surface area contributed by atoms with Crippen molar-refractivity contribution in [3.63, 3.8) is 0 Å². The molecule has 0 spiro atoms. The highest BCUT2D eigenvalue weighted by Gasteiger charge is 2.09. The molecule has 0 radical (unpaired) electrons. The van der Waals surface area contributed by atoms with Crippen molar-refractivity contribution < 1.29 is 8.78 Å². The molecule has 0 saturated carbocycles. The monoisotopic (exact) mass is 416 g/mol. The van der Waals surface area contributed by atoms with Crippen LogP contribution in [0.4, 0.5) is 8.78 Å². The van der Waals surface area contributed by atoms with Gasteiger partial charge in [-0.25, -0.2) is 8.78 Å². The molecule has 30 heavy (non-hydrogen) atoms. The minimum Gasteiger partial charge on any atom is -0.206 e. The Labute approximate surface area is 181 Å². The van der Waals surface area contributed by atoms with Crippen molar-refractivity contribution in [2.24, 2.45) is 0 Å². The Morgan fingerprint density at radius 1 is 0.800 bits per heavy atom. The second-order valence-corrected chi connectivity index (χ2v) is 7.82. The Kier molecular flexibility index (Phi) is 7.34. The van der Waals surface area contributed by atoms with Crippen molar-refractivity contribution in [1.29, 1.82) is 0 Å². The van der Waals surface area contributed by atoms with E-state index >= 15 is 0 Å². The average Bonchev–Trinajstić information content (AvgIpc) is 2.73. The summed E-state index contributed by atoms with van der Waals surface area (Å²) in [6.07, 6.45) is 3.52. The topological polar surface area (TPSA) is 0 Å². The number of aryl methyl sites for hydroxylation is 2. The third-order valence-corrected chi connectivity index (χ3v) is 5.37. The summed E-state index contributed by atoms with van der Waals surface area (Å²) in [6, 6.07) is 16.4. The standard InChI is InChI=1S/C27H22F2S/c1-4-5-22-17-26(28)25(27(29)18-22)15-10-21-7-12-23(19(2)16-21)11-6-20-8-13-24(30-3)14-9-20/h7-9,12-14,16-18H,4-5H2,1-3H3. The summed E-state index contributed by atoms with van der Waals surface area (Å²) in [6.45, 7) is 3.92. The van der Waals surface area contributed by atoms with Crippen molar-refractivity contribution in [2.45, 2.75) is 31.6 Å². The Morgan fingerprint density at radius 3 is 2.03 bits per heavy atom. The summed E-state index contributed by atoms with van der Waals surface area (Å²) < 4.78 is 28.5. The van der Waals surface area contributed by atoms with Crippen LogP contribution < -0.4 is 0 Å². The molecule has 0 aliphatic heterocycles. The molecule has 0 aliphatic carbocycles. The van der Waals surface area contributed by atoms with E-state index in [-0.39, 0.29) is 5.56 Å². The number of benzene rings is 3. The zero-order valence-electron chi connectivity index (χ0n) is 17.3. The van der Waals surface area contributed by atoms with Crippen molar-refractivity contribution in [2.75, 3.05) is 6.26 Å². The molecule has 0 heterocycles. The van der Waals surface area contributed by atoms with Gasteiger partial charge in [0.15, 0.2) is 0 Å². The lowest BCUT2D eigenvalue weighted by molar-refractivity contribution is 0.573. The van der Waals surface area contributed by atoms with Gasteiger partial charge in [-0.05, 0) is 85.3 Å². The third-order valence-electron chi connectivity index (χ3n) is 4.63. The summed E-state index contributed by atoms with van der Waals surface area (Å²) in [5.74, 6) is 10.6. The van der Waals surface area contributed by atoms with Crippen LogP contribution in [0.2, 0.25) is 0 Å². The van der Waals surface area contributed by atoms with Crippen LogP contribution in [0.25, 0.3) is 0 Å². The molecule has 3 heteroatoms. The molecule has 3 aromatic carbocycles. The fraction of sp³-hybridized carbons (Fsp3) is 0.185. The van der Waals surface area contributed by atoms with Crippen LogP contribution in [0.1, 0.15) is 46.7 Å². The Bertz CT molecular complexity index is 1150. The maximum atomic E-state index is 14.2. The molecule has 3 aromatic rings. The minimum atomic E-state index is -0.613. The van der Waals surface area contributed by atoms with Gasteiger partial charge in [-0.15, -0.1) is 11.8 Å². The number of thioether (sulfide) groups is 1. The molecule has 0 fully saturated rings. The van der Waals surface area contributed by atoms with Gasteiger partial charge in [0.2, 0.25) is 0 Å². The molecular formula is C27H22F2S. The van der Waals surface area contributed by atoms with E-state index in [9.17, 15) is 8.78 Å². The summed E-state index contributed by atoms with van der Waals surface area (Å²) in [5, 5.41) is 0. The van der Waals surface area contributed by atoms with Gasteiger partial charge < -0.3 is 0 Å². The number of halogens is 2. The molecule has 0 unspecified atom stereocenters. The molecule has 0 nitrogen and oxygen atoms in total. The molecule has 0 amide bonds. The van der Waals surface area contributed by atoms with Gasteiger partial charge in [0, 0.05) is 21.6 Å². The molecule has 150 valence electrons. The van der Waals surface area contributed by atoms with Crippen molar-refractivity contribution in [3.05, 3.63) is 99.6 Å². The predicted molar refractivity (Wildman–Crippen MR) is 122 cm³/mol. The lowest BCUT2D eigenvalue weighted by Gasteiger charge is -2.03. The normalized spacial score (nSPS) is 10.0. The fourth-order valence-electron chi connectivity index (χ4n) is 3.01. The zero-order valence-corrected chi connectivity index (χ0v) is 18.1. The molecule has 0 aliphatic rings. The van der Waals surface area contributed by atoms with Crippen LogP contribution in [0.3, 0.4) is 0 Å². The van der Waals surface area contributed by atoms with Crippen molar-refractivity contribution >= 4 is 11.8 Å². The highest BCUT2D eigenvalue weighted by atomic mass is 32.2. The van der Waals surface area contributed by atoms with Crippen LogP contribution in [0.15, 0.2) is 59.5 Å². The summed E-state index contributed by atoms with van der Waals surface area (Å²) in [5.41, 5.74) is 3.97. The average molecular weight is 417 g/mol. The summed E-state index contributed by atoms with van der Waals surface area (Å²) in [7, 11) is 0.